The number of fused-ring (bicyclic) bond motifs is 2. The molecule has 0 bridgehead atoms. The Hall–Kier alpha value is -3.16. The molecular formula is C21H23N5O2. The van der Waals surface area contributed by atoms with Crippen LogP contribution in [0.3, 0.4) is 0 Å². The van der Waals surface area contributed by atoms with E-state index < -0.39 is 0 Å². The maximum atomic E-state index is 11.7. The van der Waals surface area contributed by atoms with Gasteiger partial charge in [0.15, 0.2) is 0 Å². The molecule has 0 unspecified atom stereocenters. The highest BCUT2D eigenvalue weighted by molar-refractivity contribution is 5.99. The molecule has 28 heavy (non-hydrogen) atoms. The molecule has 0 radical (unpaired) electrons. The van der Waals surface area contributed by atoms with Crippen LogP contribution < -0.4 is 11.1 Å². The van der Waals surface area contributed by atoms with Crippen molar-refractivity contribution < 1.29 is 9.53 Å². The Morgan fingerprint density at radius 2 is 2.07 bits per heavy atom. The number of hydrogen-bond acceptors (Lipinski definition) is 5. The zero-order valence-electron chi connectivity index (χ0n) is 15.7. The molecule has 0 aliphatic heterocycles. The summed E-state index contributed by atoms with van der Waals surface area (Å²) in [6.45, 7) is 2.43. The predicted molar refractivity (Wildman–Crippen MR) is 110 cm³/mol. The maximum Gasteiger partial charge on any atom is 0.337 e. The highest BCUT2D eigenvalue weighted by atomic mass is 16.5. The molecule has 4 aromatic rings. The molecule has 0 atom stereocenters. The average Bonchev–Trinajstić information content (AvgIpc) is 3.33. The van der Waals surface area contributed by atoms with Crippen LogP contribution in [0.15, 0.2) is 42.5 Å². The van der Waals surface area contributed by atoms with Gasteiger partial charge in [0.05, 0.1) is 23.9 Å². The summed E-state index contributed by atoms with van der Waals surface area (Å²) in [6.07, 6.45) is 0.973. The molecular weight excluding hydrogens is 354 g/mol. The van der Waals surface area contributed by atoms with Crippen LogP contribution >= 0.6 is 0 Å². The fourth-order valence-corrected chi connectivity index (χ4v) is 3.35. The third kappa shape index (κ3) is 3.49. The van der Waals surface area contributed by atoms with Crippen molar-refractivity contribution in [3.05, 3.63) is 53.6 Å². The molecule has 0 aliphatic rings. The summed E-state index contributed by atoms with van der Waals surface area (Å²) in [7, 11) is 1.37. The van der Waals surface area contributed by atoms with Crippen LogP contribution in [0.4, 0.5) is 0 Å². The number of nitrogens with one attached hydrogen (secondary N) is 3. The Labute approximate surface area is 162 Å². The predicted octanol–water partition coefficient (Wildman–Crippen LogP) is 2.94. The fraction of sp³-hybridized carbons (Fsp3) is 0.238. The largest absolute Gasteiger partial charge is 0.465 e. The summed E-state index contributed by atoms with van der Waals surface area (Å²) >= 11 is 0. The van der Waals surface area contributed by atoms with E-state index in [1.807, 2.05) is 6.07 Å². The Bertz CT molecular complexity index is 1130. The van der Waals surface area contributed by atoms with Gasteiger partial charge in [0, 0.05) is 22.8 Å². The summed E-state index contributed by atoms with van der Waals surface area (Å²) < 4.78 is 4.78. The quantitative estimate of drug-likeness (QED) is 0.292. The van der Waals surface area contributed by atoms with Crippen molar-refractivity contribution in [1.29, 1.82) is 0 Å². The molecule has 7 heteroatoms. The number of hydrogen-bond donors (Lipinski definition) is 4. The molecule has 0 aliphatic carbocycles. The number of rotatable bonds is 7. The van der Waals surface area contributed by atoms with Crippen molar-refractivity contribution in [2.45, 2.75) is 13.0 Å². The maximum absolute atomic E-state index is 11.7. The molecule has 4 rings (SSSR count). The first-order valence-electron chi connectivity index (χ1n) is 9.29. The SMILES string of the molecule is COC(=O)c1ccc2c(-c3cc4cc(CNCCCN)ccc4[nH]3)n[nH]c2c1. The molecule has 0 amide bonds. The molecule has 0 fully saturated rings. The van der Waals surface area contributed by atoms with Crippen molar-refractivity contribution in [2.75, 3.05) is 20.2 Å². The van der Waals surface area contributed by atoms with Crippen LogP contribution in [-0.4, -0.2) is 41.3 Å². The van der Waals surface area contributed by atoms with E-state index in [9.17, 15) is 4.79 Å². The number of esters is 1. The number of nitrogens with zero attached hydrogens (tertiary/aromatic N) is 1. The molecule has 2 heterocycles. The van der Waals surface area contributed by atoms with Crippen LogP contribution in [-0.2, 0) is 11.3 Å². The summed E-state index contributed by atoms with van der Waals surface area (Å²) in [4.78, 5) is 15.2. The van der Waals surface area contributed by atoms with E-state index in [0.717, 1.165) is 52.7 Å². The Morgan fingerprint density at radius 3 is 2.89 bits per heavy atom. The van der Waals surface area contributed by atoms with Gasteiger partial charge in [0.25, 0.3) is 0 Å². The van der Waals surface area contributed by atoms with Crippen molar-refractivity contribution in [2.24, 2.45) is 5.73 Å². The van der Waals surface area contributed by atoms with Crippen molar-refractivity contribution in [3.8, 4) is 11.4 Å². The van der Waals surface area contributed by atoms with E-state index in [2.05, 4.69) is 44.8 Å². The third-order valence-corrected chi connectivity index (χ3v) is 4.81. The molecule has 5 N–H and O–H groups in total. The minimum Gasteiger partial charge on any atom is -0.465 e. The molecule has 2 aromatic carbocycles. The Kier molecular flexibility index (Phi) is 5.10. The van der Waals surface area contributed by atoms with Crippen molar-refractivity contribution in [3.63, 3.8) is 0 Å². The molecule has 7 nitrogen and oxygen atoms in total. The first-order chi connectivity index (χ1) is 13.7. The standard InChI is InChI=1S/C21H23N5O2/c1-28-21(27)14-4-5-16-18(10-14)25-26-20(16)19-11-15-9-13(3-6-17(15)24-19)12-23-8-2-7-22/h3-6,9-11,23-24H,2,7-8,12,22H2,1H3,(H,25,26). The van der Waals surface area contributed by atoms with Gasteiger partial charge in [-0.05, 0) is 61.5 Å². The number of ether oxygens (including phenoxy) is 1. The first kappa shape index (κ1) is 18.2. The van der Waals surface area contributed by atoms with E-state index in [1.54, 1.807) is 12.1 Å². The third-order valence-electron chi connectivity index (χ3n) is 4.81. The summed E-state index contributed by atoms with van der Waals surface area (Å²) in [5, 5.41) is 12.9. The summed E-state index contributed by atoms with van der Waals surface area (Å²) in [5.41, 5.74) is 10.9. The van der Waals surface area contributed by atoms with Gasteiger partial charge in [-0.2, -0.15) is 5.10 Å². The second kappa shape index (κ2) is 7.84. The lowest BCUT2D eigenvalue weighted by Gasteiger charge is -2.03. The zero-order valence-corrected chi connectivity index (χ0v) is 15.7. The minimum absolute atomic E-state index is 0.365. The van der Waals surface area contributed by atoms with Gasteiger partial charge in [0.1, 0.15) is 5.69 Å². The van der Waals surface area contributed by atoms with Crippen LogP contribution in [0.25, 0.3) is 33.2 Å². The second-order valence-electron chi connectivity index (χ2n) is 6.75. The van der Waals surface area contributed by atoms with Gasteiger partial charge < -0.3 is 20.8 Å². The van der Waals surface area contributed by atoms with Crippen LogP contribution in [0, 0.1) is 0 Å². The molecule has 144 valence electrons. The number of methoxy groups -OCH3 is 1. The topological polar surface area (TPSA) is 109 Å². The number of H-pyrrole nitrogens is 2. The lowest BCUT2D eigenvalue weighted by molar-refractivity contribution is 0.0601. The lowest BCUT2D eigenvalue weighted by atomic mass is 10.1. The van der Waals surface area contributed by atoms with Gasteiger partial charge in [-0.1, -0.05) is 6.07 Å². The van der Waals surface area contributed by atoms with Gasteiger partial charge >= 0.3 is 5.97 Å². The Morgan fingerprint density at radius 1 is 1.18 bits per heavy atom. The summed E-state index contributed by atoms with van der Waals surface area (Å²) in [5.74, 6) is -0.365. The number of nitrogens with two attached hydrogens (primary N) is 1. The highest BCUT2D eigenvalue weighted by Crippen LogP contribution is 2.29. The number of carbonyl (C=O) groups excluding carboxylic acids is 1. The van der Waals surface area contributed by atoms with Crippen LogP contribution in [0.2, 0.25) is 0 Å². The number of carbonyl (C=O) groups is 1. The van der Waals surface area contributed by atoms with Crippen LogP contribution in [0.1, 0.15) is 22.3 Å². The van der Waals surface area contributed by atoms with E-state index in [4.69, 9.17) is 10.5 Å². The number of aromatic nitrogens is 3. The molecule has 0 saturated heterocycles. The Balaban J connectivity index is 1.62. The van der Waals surface area contributed by atoms with E-state index in [-0.39, 0.29) is 5.97 Å². The molecule has 0 spiro atoms. The van der Waals surface area contributed by atoms with Crippen molar-refractivity contribution >= 4 is 27.8 Å². The van der Waals surface area contributed by atoms with Gasteiger partial charge in [0.2, 0.25) is 0 Å². The second-order valence-corrected chi connectivity index (χ2v) is 6.75. The number of aromatic amines is 2. The zero-order chi connectivity index (χ0) is 19.5. The van der Waals surface area contributed by atoms with Crippen molar-refractivity contribution in [1.82, 2.24) is 20.5 Å². The fourth-order valence-electron chi connectivity index (χ4n) is 3.35. The number of benzene rings is 2. The highest BCUT2D eigenvalue weighted by Gasteiger charge is 2.13. The van der Waals surface area contributed by atoms with Gasteiger partial charge in [-0.3, -0.25) is 5.10 Å². The smallest absolute Gasteiger partial charge is 0.337 e. The molecule has 0 saturated carbocycles. The lowest BCUT2D eigenvalue weighted by Crippen LogP contribution is -2.17. The summed E-state index contributed by atoms with van der Waals surface area (Å²) in [6, 6.07) is 13.9. The minimum atomic E-state index is -0.365. The average molecular weight is 377 g/mol. The van der Waals surface area contributed by atoms with Gasteiger partial charge in [-0.25, -0.2) is 4.79 Å². The van der Waals surface area contributed by atoms with E-state index >= 15 is 0 Å². The van der Waals surface area contributed by atoms with E-state index in [0.29, 0.717) is 12.1 Å². The first-order valence-corrected chi connectivity index (χ1v) is 9.29. The van der Waals surface area contributed by atoms with Gasteiger partial charge in [-0.15, -0.1) is 0 Å². The van der Waals surface area contributed by atoms with Crippen LogP contribution in [0.5, 0.6) is 0 Å². The monoisotopic (exact) mass is 377 g/mol. The normalized spacial score (nSPS) is 11.4. The molecule has 2 aromatic heterocycles. The van der Waals surface area contributed by atoms with E-state index in [1.165, 1.54) is 12.7 Å².